The second kappa shape index (κ2) is 7.55. The average Bonchev–Trinajstić information content (AvgIpc) is 2.62. The highest BCUT2D eigenvalue weighted by Gasteiger charge is 2.28. The molecule has 1 atom stereocenters. The van der Waals surface area contributed by atoms with Gasteiger partial charge in [-0.3, -0.25) is 0 Å². The van der Waals surface area contributed by atoms with Crippen molar-refractivity contribution in [3.05, 3.63) is 59.6 Å². The Morgan fingerprint density at radius 1 is 1.17 bits per heavy atom. The van der Waals surface area contributed by atoms with Crippen LogP contribution in [0.5, 0.6) is 5.88 Å². The lowest BCUT2D eigenvalue weighted by molar-refractivity contribution is 0.124. The largest absolute Gasteiger partial charge is 0.472 e. The van der Waals surface area contributed by atoms with Crippen LogP contribution in [0.1, 0.15) is 18.4 Å². The summed E-state index contributed by atoms with van der Waals surface area (Å²) in [4.78, 5) is 0. The fraction of sp³-hybridized carbons (Fsp3) is 0.294. The molecule has 3 rings (SSSR count). The van der Waals surface area contributed by atoms with E-state index in [1.807, 2.05) is 30.3 Å². The zero-order valence-electron chi connectivity index (χ0n) is 13.2. The predicted octanol–water partition coefficient (Wildman–Crippen LogP) is 2.32. The van der Waals surface area contributed by atoms with Gasteiger partial charge in [-0.1, -0.05) is 30.3 Å². The van der Waals surface area contributed by atoms with E-state index in [1.165, 1.54) is 9.71 Å². The summed E-state index contributed by atoms with van der Waals surface area (Å²) in [6, 6.07) is 12.8. The lowest BCUT2D eigenvalue weighted by atomic mass is 10.1. The zero-order chi connectivity index (χ0) is 16.8. The van der Waals surface area contributed by atoms with Crippen molar-refractivity contribution in [1.29, 1.82) is 0 Å². The Morgan fingerprint density at radius 3 is 2.75 bits per heavy atom. The third-order valence-electron chi connectivity index (χ3n) is 3.77. The minimum absolute atomic E-state index is 0.213. The molecule has 7 heteroatoms. The van der Waals surface area contributed by atoms with E-state index in [0.29, 0.717) is 19.0 Å². The number of ether oxygens (including phenoxy) is 1. The summed E-state index contributed by atoms with van der Waals surface area (Å²) in [7, 11) is -3.47. The fourth-order valence-corrected chi connectivity index (χ4v) is 3.83. The van der Waals surface area contributed by atoms with Gasteiger partial charge in [0.2, 0.25) is 15.9 Å². The van der Waals surface area contributed by atoms with E-state index >= 15 is 0 Å². The highest BCUT2D eigenvalue weighted by atomic mass is 32.2. The first-order chi connectivity index (χ1) is 11.6. The Kier molecular flexibility index (Phi) is 5.22. The minimum atomic E-state index is -3.47. The third kappa shape index (κ3) is 4.39. The Bertz CT molecular complexity index is 779. The molecule has 0 N–H and O–H groups in total. The van der Waals surface area contributed by atoms with Gasteiger partial charge in [0.05, 0.1) is 6.54 Å². The first-order valence-electron chi connectivity index (χ1n) is 7.81. The van der Waals surface area contributed by atoms with Crippen molar-refractivity contribution < 1.29 is 13.2 Å². The molecule has 1 unspecified atom stereocenters. The molecule has 1 aliphatic rings. The summed E-state index contributed by atoms with van der Waals surface area (Å²) in [5.74, 6) is 0.418. The van der Waals surface area contributed by atoms with Gasteiger partial charge >= 0.3 is 0 Å². The van der Waals surface area contributed by atoms with Gasteiger partial charge in [0.1, 0.15) is 6.10 Å². The first kappa shape index (κ1) is 16.6. The van der Waals surface area contributed by atoms with Crippen LogP contribution in [0.4, 0.5) is 0 Å². The summed E-state index contributed by atoms with van der Waals surface area (Å²) in [5.41, 5.74) is 0.852. The monoisotopic (exact) mass is 345 g/mol. The Balaban J connectivity index is 1.66. The molecule has 0 spiro atoms. The molecule has 1 aliphatic heterocycles. The lowest BCUT2D eigenvalue weighted by Gasteiger charge is -2.30. The molecule has 1 fully saturated rings. The van der Waals surface area contributed by atoms with E-state index in [0.717, 1.165) is 18.4 Å². The van der Waals surface area contributed by atoms with Crippen LogP contribution < -0.4 is 4.74 Å². The van der Waals surface area contributed by atoms with E-state index in [1.54, 1.807) is 24.4 Å². The van der Waals surface area contributed by atoms with Crippen molar-refractivity contribution in [2.45, 2.75) is 18.9 Å². The minimum Gasteiger partial charge on any atom is -0.472 e. The summed E-state index contributed by atoms with van der Waals surface area (Å²) in [5, 5.41) is 8.90. The van der Waals surface area contributed by atoms with Crippen LogP contribution in [0, 0.1) is 0 Å². The number of rotatable bonds is 5. The van der Waals surface area contributed by atoms with Crippen LogP contribution in [0.3, 0.4) is 0 Å². The van der Waals surface area contributed by atoms with E-state index in [-0.39, 0.29) is 6.10 Å². The number of aromatic nitrogens is 2. The van der Waals surface area contributed by atoms with Gasteiger partial charge in [-0.2, -0.15) is 9.40 Å². The van der Waals surface area contributed by atoms with Crippen LogP contribution in [0.15, 0.2) is 54.1 Å². The molecule has 2 aromatic rings. The van der Waals surface area contributed by atoms with Gasteiger partial charge in [0.15, 0.2) is 0 Å². The topological polar surface area (TPSA) is 72.4 Å². The number of piperidine rings is 1. The number of hydrogen-bond acceptors (Lipinski definition) is 5. The van der Waals surface area contributed by atoms with Crippen molar-refractivity contribution >= 4 is 16.1 Å². The molecule has 2 heterocycles. The van der Waals surface area contributed by atoms with Crippen LogP contribution in [-0.4, -0.2) is 42.1 Å². The number of benzene rings is 1. The van der Waals surface area contributed by atoms with Crippen LogP contribution in [0.2, 0.25) is 0 Å². The second-order valence-electron chi connectivity index (χ2n) is 5.56. The molecular weight excluding hydrogens is 326 g/mol. The van der Waals surface area contributed by atoms with E-state index in [4.69, 9.17) is 4.74 Å². The number of hydrogen-bond donors (Lipinski definition) is 0. The van der Waals surface area contributed by atoms with Gasteiger partial charge in [-0.05, 0) is 30.5 Å². The number of sulfonamides is 1. The molecule has 0 aliphatic carbocycles. The first-order valence-corrected chi connectivity index (χ1v) is 9.31. The van der Waals surface area contributed by atoms with E-state index in [9.17, 15) is 8.42 Å². The molecule has 0 saturated carbocycles. The van der Waals surface area contributed by atoms with Crippen LogP contribution in [0.25, 0.3) is 6.08 Å². The van der Waals surface area contributed by atoms with Crippen molar-refractivity contribution in [3.63, 3.8) is 0 Å². The molecule has 1 aromatic carbocycles. The summed E-state index contributed by atoms with van der Waals surface area (Å²) in [6.07, 6.45) is 4.52. The molecule has 0 radical (unpaired) electrons. The van der Waals surface area contributed by atoms with Gasteiger partial charge in [0.25, 0.3) is 0 Å². The highest BCUT2D eigenvalue weighted by molar-refractivity contribution is 7.92. The normalized spacial score (nSPS) is 19.4. The smallest absolute Gasteiger partial charge is 0.236 e. The van der Waals surface area contributed by atoms with Gasteiger partial charge < -0.3 is 4.74 Å². The molecule has 24 heavy (non-hydrogen) atoms. The van der Waals surface area contributed by atoms with Gasteiger partial charge in [0, 0.05) is 24.2 Å². The summed E-state index contributed by atoms with van der Waals surface area (Å²) in [6.45, 7) is 0.819. The molecule has 1 saturated heterocycles. The maximum atomic E-state index is 12.5. The Labute approximate surface area is 141 Å². The zero-order valence-corrected chi connectivity index (χ0v) is 14.0. The highest BCUT2D eigenvalue weighted by Crippen LogP contribution is 2.19. The maximum absolute atomic E-state index is 12.5. The molecule has 126 valence electrons. The van der Waals surface area contributed by atoms with Crippen LogP contribution >= 0.6 is 0 Å². The molecule has 0 bridgehead atoms. The van der Waals surface area contributed by atoms with Crippen molar-refractivity contribution in [2.75, 3.05) is 13.1 Å². The summed E-state index contributed by atoms with van der Waals surface area (Å²) >= 11 is 0. The Hall–Kier alpha value is -2.25. The SMILES string of the molecule is O=S(=O)(C=Cc1ccccc1)N1CCCC(Oc2cccnn2)C1. The standard InChI is InChI=1S/C17H19N3O3S/c21-24(22,13-10-15-6-2-1-3-7-15)20-12-5-8-16(14-20)23-17-9-4-11-18-19-17/h1-4,6-7,9-11,13,16H,5,8,12,14H2. The molecule has 6 nitrogen and oxygen atoms in total. The Morgan fingerprint density at radius 2 is 2.00 bits per heavy atom. The fourth-order valence-electron chi connectivity index (χ4n) is 2.57. The predicted molar refractivity (Wildman–Crippen MR) is 91.7 cm³/mol. The van der Waals surface area contributed by atoms with Crippen molar-refractivity contribution in [3.8, 4) is 5.88 Å². The van der Waals surface area contributed by atoms with Crippen LogP contribution in [-0.2, 0) is 10.0 Å². The van der Waals surface area contributed by atoms with Crippen molar-refractivity contribution in [1.82, 2.24) is 14.5 Å². The molecular formula is C17H19N3O3S. The second-order valence-corrected chi connectivity index (χ2v) is 7.38. The van der Waals surface area contributed by atoms with Crippen molar-refractivity contribution in [2.24, 2.45) is 0 Å². The quantitative estimate of drug-likeness (QED) is 0.831. The van der Waals surface area contributed by atoms with E-state index < -0.39 is 10.0 Å². The van der Waals surface area contributed by atoms with Gasteiger partial charge in [-0.15, -0.1) is 5.10 Å². The third-order valence-corrected chi connectivity index (χ3v) is 5.30. The molecule has 1 aromatic heterocycles. The maximum Gasteiger partial charge on any atom is 0.236 e. The average molecular weight is 345 g/mol. The number of nitrogens with zero attached hydrogens (tertiary/aromatic N) is 3. The van der Waals surface area contributed by atoms with E-state index in [2.05, 4.69) is 10.2 Å². The molecule has 0 amide bonds. The van der Waals surface area contributed by atoms with Gasteiger partial charge in [-0.25, -0.2) is 8.42 Å². The summed E-state index contributed by atoms with van der Waals surface area (Å²) < 4.78 is 32.2. The lowest BCUT2D eigenvalue weighted by Crippen LogP contribution is -2.43.